The van der Waals surface area contributed by atoms with Gasteiger partial charge in [-0.1, -0.05) is 18.2 Å². The van der Waals surface area contributed by atoms with Crippen molar-refractivity contribution in [1.29, 1.82) is 0 Å². The number of primary amides is 1. The molecule has 2 amide bonds. The number of piperidine rings is 1. The monoisotopic (exact) mass is 451 g/mol. The van der Waals surface area contributed by atoms with E-state index in [1.54, 1.807) is 23.7 Å². The number of pyridine rings is 1. The molecule has 1 aliphatic rings. The molecule has 1 fully saturated rings. The lowest BCUT2D eigenvalue weighted by molar-refractivity contribution is 0.1000. The minimum absolute atomic E-state index is 0.302. The van der Waals surface area contributed by atoms with Crippen LogP contribution in [0.1, 0.15) is 28.9 Å². The van der Waals surface area contributed by atoms with Crippen LogP contribution in [0.2, 0.25) is 0 Å². The lowest BCUT2D eigenvalue weighted by Gasteiger charge is -2.34. The second kappa shape index (κ2) is 9.78. The van der Waals surface area contributed by atoms with Crippen molar-refractivity contribution in [3.63, 3.8) is 0 Å². The fourth-order valence-corrected chi connectivity index (χ4v) is 4.52. The lowest BCUT2D eigenvalue weighted by Crippen LogP contribution is -2.40. The van der Waals surface area contributed by atoms with Gasteiger partial charge in [-0.15, -0.1) is 11.3 Å². The molecule has 8 nitrogen and oxygen atoms in total. The second-order valence-corrected chi connectivity index (χ2v) is 8.62. The number of amides is 2. The molecule has 1 aliphatic heterocycles. The van der Waals surface area contributed by atoms with Gasteiger partial charge in [-0.25, -0.2) is 14.8 Å². The predicted molar refractivity (Wildman–Crippen MR) is 124 cm³/mol. The van der Waals surface area contributed by atoms with Gasteiger partial charge in [0.15, 0.2) is 0 Å². The molecule has 2 aromatic heterocycles. The van der Waals surface area contributed by atoms with Crippen molar-refractivity contribution >= 4 is 29.2 Å². The number of aromatic nitrogens is 2. The maximum atomic E-state index is 11.7. The van der Waals surface area contributed by atoms with E-state index in [0.29, 0.717) is 24.6 Å². The minimum atomic E-state index is -0.909. The van der Waals surface area contributed by atoms with E-state index in [1.165, 1.54) is 16.2 Å². The van der Waals surface area contributed by atoms with E-state index in [1.807, 2.05) is 29.6 Å². The Kier molecular flexibility index (Phi) is 6.65. The van der Waals surface area contributed by atoms with E-state index >= 15 is 0 Å². The van der Waals surface area contributed by atoms with E-state index in [2.05, 4.69) is 9.88 Å². The number of hydrogen-bond acceptors (Lipinski definition) is 6. The molecule has 0 atom stereocenters. The van der Waals surface area contributed by atoms with Crippen LogP contribution in [-0.4, -0.2) is 51.6 Å². The SMILES string of the molecule is NC(=O)c1cccc(-c2cccc(N3CCC(CN(Cc4cscn4)C(=O)O)CC3)n2)c1. The molecule has 3 N–H and O–H groups in total. The largest absolute Gasteiger partial charge is 0.465 e. The van der Waals surface area contributed by atoms with Crippen LogP contribution in [0.25, 0.3) is 11.3 Å². The number of carboxylic acid groups (broad SMARTS) is 1. The summed E-state index contributed by atoms with van der Waals surface area (Å²) in [5.74, 6) is 0.717. The van der Waals surface area contributed by atoms with Crippen LogP contribution in [0, 0.1) is 5.92 Å². The Labute approximate surface area is 190 Å². The summed E-state index contributed by atoms with van der Waals surface area (Å²) in [6.45, 7) is 2.46. The first kappa shape index (κ1) is 21.8. The van der Waals surface area contributed by atoms with Crippen molar-refractivity contribution in [3.05, 3.63) is 64.6 Å². The first-order valence-electron chi connectivity index (χ1n) is 10.5. The molecular weight excluding hydrogens is 426 g/mol. The third kappa shape index (κ3) is 5.23. The van der Waals surface area contributed by atoms with Gasteiger partial charge in [-0.05, 0) is 43.0 Å². The first-order valence-corrected chi connectivity index (χ1v) is 11.4. The molecule has 1 aromatic carbocycles. The van der Waals surface area contributed by atoms with Crippen LogP contribution in [0.3, 0.4) is 0 Å². The number of hydrogen-bond donors (Lipinski definition) is 2. The van der Waals surface area contributed by atoms with Gasteiger partial charge in [0, 0.05) is 36.1 Å². The Morgan fingerprint density at radius 3 is 2.66 bits per heavy atom. The summed E-state index contributed by atoms with van der Waals surface area (Å²) in [6.07, 6.45) is 0.876. The molecular formula is C23H25N5O3S. The van der Waals surface area contributed by atoms with Crippen LogP contribution >= 0.6 is 11.3 Å². The van der Waals surface area contributed by atoms with Crippen molar-refractivity contribution < 1.29 is 14.7 Å². The molecule has 0 bridgehead atoms. The van der Waals surface area contributed by atoms with Gasteiger partial charge in [-0.3, -0.25) is 4.79 Å². The number of carbonyl (C=O) groups is 2. The van der Waals surface area contributed by atoms with Crippen LogP contribution in [0.5, 0.6) is 0 Å². The molecule has 0 radical (unpaired) electrons. The smallest absolute Gasteiger partial charge is 0.407 e. The van der Waals surface area contributed by atoms with Gasteiger partial charge >= 0.3 is 6.09 Å². The van der Waals surface area contributed by atoms with Crippen molar-refractivity contribution in [2.45, 2.75) is 19.4 Å². The zero-order valence-corrected chi connectivity index (χ0v) is 18.4. The van der Waals surface area contributed by atoms with Crippen LogP contribution < -0.4 is 10.6 Å². The molecule has 0 unspecified atom stereocenters. The van der Waals surface area contributed by atoms with Crippen molar-refractivity contribution in [2.24, 2.45) is 11.7 Å². The number of thiazole rings is 1. The summed E-state index contributed by atoms with van der Waals surface area (Å²) in [5.41, 5.74) is 9.99. The van der Waals surface area contributed by atoms with Gasteiger partial charge in [-0.2, -0.15) is 0 Å². The lowest BCUT2D eigenvalue weighted by atomic mass is 9.96. The maximum Gasteiger partial charge on any atom is 0.407 e. The fourth-order valence-electron chi connectivity index (χ4n) is 3.97. The Morgan fingerprint density at radius 2 is 1.97 bits per heavy atom. The Morgan fingerprint density at radius 1 is 1.19 bits per heavy atom. The van der Waals surface area contributed by atoms with Gasteiger partial charge < -0.3 is 20.6 Å². The normalized spacial score (nSPS) is 14.3. The highest BCUT2D eigenvalue weighted by Crippen LogP contribution is 2.26. The zero-order valence-electron chi connectivity index (χ0n) is 17.6. The van der Waals surface area contributed by atoms with E-state index < -0.39 is 12.0 Å². The molecule has 3 aromatic rings. The van der Waals surface area contributed by atoms with Crippen LogP contribution in [0.15, 0.2) is 53.4 Å². The third-order valence-corrected chi connectivity index (χ3v) is 6.34. The number of carbonyl (C=O) groups excluding carboxylic acids is 1. The zero-order chi connectivity index (χ0) is 22.5. The second-order valence-electron chi connectivity index (χ2n) is 7.90. The van der Waals surface area contributed by atoms with E-state index in [0.717, 1.165) is 48.7 Å². The van der Waals surface area contributed by atoms with Gasteiger partial charge in [0.1, 0.15) is 5.82 Å². The molecule has 166 valence electrons. The Bertz CT molecular complexity index is 1080. The molecule has 0 spiro atoms. The number of benzene rings is 1. The van der Waals surface area contributed by atoms with Crippen molar-refractivity contribution in [1.82, 2.24) is 14.9 Å². The Hall–Kier alpha value is -3.46. The summed E-state index contributed by atoms with van der Waals surface area (Å²) in [6, 6.07) is 13.0. The van der Waals surface area contributed by atoms with Crippen LogP contribution in [0.4, 0.5) is 10.6 Å². The predicted octanol–water partition coefficient (Wildman–Crippen LogP) is 3.70. The van der Waals surface area contributed by atoms with E-state index in [4.69, 9.17) is 10.7 Å². The van der Waals surface area contributed by atoms with E-state index in [9.17, 15) is 14.7 Å². The van der Waals surface area contributed by atoms with E-state index in [-0.39, 0.29) is 0 Å². The van der Waals surface area contributed by atoms with Gasteiger partial charge in [0.2, 0.25) is 5.91 Å². The summed E-state index contributed by atoms with van der Waals surface area (Å²) in [5, 5.41) is 11.5. The average molecular weight is 452 g/mol. The summed E-state index contributed by atoms with van der Waals surface area (Å²) >= 11 is 1.47. The molecule has 32 heavy (non-hydrogen) atoms. The highest BCUT2D eigenvalue weighted by molar-refractivity contribution is 7.07. The molecule has 4 rings (SSSR count). The van der Waals surface area contributed by atoms with Gasteiger partial charge in [0.25, 0.3) is 0 Å². The van der Waals surface area contributed by atoms with Crippen molar-refractivity contribution in [3.8, 4) is 11.3 Å². The quantitative estimate of drug-likeness (QED) is 0.566. The number of nitrogens with zero attached hydrogens (tertiary/aromatic N) is 4. The summed E-state index contributed by atoms with van der Waals surface area (Å²) in [4.78, 5) is 35.8. The third-order valence-electron chi connectivity index (χ3n) is 5.70. The number of anilines is 1. The number of rotatable bonds is 7. The first-order chi connectivity index (χ1) is 15.5. The summed E-state index contributed by atoms with van der Waals surface area (Å²) < 4.78 is 0. The fraction of sp³-hybridized carbons (Fsp3) is 0.304. The van der Waals surface area contributed by atoms with Crippen molar-refractivity contribution in [2.75, 3.05) is 24.5 Å². The Balaban J connectivity index is 1.39. The molecule has 9 heteroatoms. The average Bonchev–Trinajstić information content (AvgIpc) is 3.32. The van der Waals surface area contributed by atoms with Gasteiger partial charge in [0.05, 0.1) is 23.4 Å². The number of nitrogens with two attached hydrogens (primary N) is 1. The molecule has 3 heterocycles. The topological polar surface area (TPSA) is 113 Å². The molecule has 1 saturated heterocycles. The standard InChI is InChI=1S/C23H25N5O3S/c24-22(29)18-4-1-3-17(11-18)20-5-2-6-21(26-20)27-9-7-16(8-10-27)12-28(23(30)31)13-19-14-32-15-25-19/h1-6,11,14-16H,7-10,12-13H2,(H2,24,29)(H,30,31). The summed E-state index contributed by atoms with van der Waals surface area (Å²) in [7, 11) is 0. The van der Waals surface area contributed by atoms with Crippen LogP contribution in [-0.2, 0) is 6.54 Å². The molecule has 0 saturated carbocycles. The highest BCUT2D eigenvalue weighted by atomic mass is 32.1. The maximum absolute atomic E-state index is 11.7. The molecule has 0 aliphatic carbocycles. The minimum Gasteiger partial charge on any atom is -0.465 e. The highest BCUT2D eigenvalue weighted by Gasteiger charge is 2.25.